The molecule has 0 spiro atoms. The number of fused-ring (bicyclic) bond motifs is 2. The van der Waals surface area contributed by atoms with E-state index in [1.807, 2.05) is 13.0 Å². The minimum Gasteiger partial charge on any atom is -0.423 e. The van der Waals surface area contributed by atoms with Gasteiger partial charge in [0, 0.05) is 35.2 Å². The molecule has 1 aromatic carbocycles. The van der Waals surface area contributed by atoms with Gasteiger partial charge >= 0.3 is 5.63 Å². The molecule has 1 amide bonds. The Morgan fingerprint density at radius 3 is 3.00 bits per heavy atom. The molecule has 0 aliphatic heterocycles. The van der Waals surface area contributed by atoms with Gasteiger partial charge in [0.2, 0.25) is 0 Å². The van der Waals surface area contributed by atoms with Gasteiger partial charge in [-0.2, -0.15) is 0 Å². The molecule has 1 aliphatic carbocycles. The molecule has 1 N–H and O–H groups in total. The van der Waals surface area contributed by atoms with Crippen molar-refractivity contribution in [3.8, 4) is 0 Å². The number of nitrogens with one attached hydrogen (secondary N) is 1. The first kappa shape index (κ1) is 15.6. The third-order valence-electron chi connectivity index (χ3n) is 4.71. The smallest absolute Gasteiger partial charge is 0.336 e. The summed E-state index contributed by atoms with van der Waals surface area (Å²) in [4.78, 5) is 24.1. The maximum atomic E-state index is 12.6. The number of carbonyl (C=O) groups is 1. The second kappa shape index (κ2) is 5.88. The molecule has 128 valence electrons. The third-order valence-corrected chi connectivity index (χ3v) is 4.71. The Balaban J connectivity index is 1.64. The molecule has 0 fully saturated rings. The molecule has 3 aromatic rings. The standard InChI is InChI=1S/C19H18N2O4/c1-10-3-6-15-14(7-10)18(21-25-15)19(23)20-12-4-5-13-11(2)8-17(22)24-16(13)9-12/h4-5,8-10H,3,6-7H2,1-2H3,(H,20,23). The number of hydrogen-bond donors (Lipinski definition) is 1. The Bertz CT molecular complexity index is 1030. The summed E-state index contributed by atoms with van der Waals surface area (Å²) < 4.78 is 10.5. The highest BCUT2D eigenvalue weighted by Gasteiger charge is 2.27. The molecule has 25 heavy (non-hydrogen) atoms. The summed E-state index contributed by atoms with van der Waals surface area (Å²) in [6.45, 7) is 4.01. The van der Waals surface area contributed by atoms with Gasteiger partial charge in [0.05, 0.1) is 0 Å². The van der Waals surface area contributed by atoms with Crippen LogP contribution in [0.2, 0.25) is 0 Å². The van der Waals surface area contributed by atoms with Gasteiger partial charge < -0.3 is 14.3 Å². The molecular weight excluding hydrogens is 320 g/mol. The summed E-state index contributed by atoms with van der Waals surface area (Å²) in [5.41, 5.74) is 2.66. The largest absolute Gasteiger partial charge is 0.423 e. The zero-order valence-corrected chi connectivity index (χ0v) is 14.1. The number of aromatic nitrogens is 1. The van der Waals surface area contributed by atoms with E-state index in [0.29, 0.717) is 22.9 Å². The monoisotopic (exact) mass is 338 g/mol. The number of aryl methyl sites for hydroxylation is 2. The molecule has 2 heterocycles. The van der Waals surface area contributed by atoms with Crippen LogP contribution in [-0.4, -0.2) is 11.1 Å². The van der Waals surface area contributed by atoms with Crippen molar-refractivity contribution in [2.75, 3.05) is 5.32 Å². The van der Waals surface area contributed by atoms with Crippen LogP contribution < -0.4 is 10.9 Å². The van der Waals surface area contributed by atoms with E-state index in [-0.39, 0.29) is 5.91 Å². The summed E-state index contributed by atoms with van der Waals surface area (Å²) in [6.07, 6.45) is 2.66. The van der Waals surface area contributed by atoms with Crippen molar-refractivity contribution in [1.82, 2.24) is 5.16 Å². The van der Waals surface area contributed by atoms with Crippen molar-refractivity contribution >= 4 is 22.6 Å². The lowest BCUT2D eigenvalue weighted by molar-refractivity contribution is 0.101. The van der Waals surface area contributed by atoms with Crippen molar-refractivity contribution in [2.45, 2.75) is 33.1 Å². The Hall–Kier alpha value is -2.89. The van der Waals surface area contributed by atoms with Crippen LogP contribution >= 0.6 is 0 Å². The van der Waals surface area contributed by atoms with Crippen LogP contribution in [0.4, 0.5) is 5.69 Å². The lowest BCUT2D eigenvalue weighted by Gasteiger charge is -2.16. The first-order chi connectivity index (χ1) is 12.0. The van der Waals surface area contributed by atoms with E-state index in [9.17, 15) is 9.59 Å². The van der Waals surface area contributed by atoms with E-state index in [4.69, 9.17) is 8.94 Å². The quantitative estimate of drug-likeness (QED) is 0.723. The molecule has 2 aromatic heterocycles. The average Bonchev–Trinajstić information content (AvgIpc) is 2.97. The fraction of sp³-hybridized carbons (Fsp3) is 0.316. The maximum Gasteiger partial charge on any atom is 0.336 e. The second-order valence-electron chi connectivity index (χ2n) is 6.69. The summed E-state index contributed by atoms with van der Waals surface area (Å²) in [7, 11) is 0. The second-order valence-corrected chi connectivity index (χ2v) is 6.69. The van der Waals surface area contributed by atoms with Crippen LogP contribution in [0.1, 0.15) is 40.7 Å². The molecular formula is C19H18N2O4. The number of hydrogen-bond acceptors (Lipinski definition) is 5. The number of nitrogens with zero attached hydrogens (tertiary/aromatic N) is 1. The molecule has 0 saturated heterocycles. The molecule has 6 nitrogen and oxygen atoms in total. The van der Waals surface area contributed by atoms with E-state index in [1.54, 1.807) is 12.1 Å². The zero-order valence-electron chi connectivity index (χ0n) is 14.1. The topological polar surface area (TPSA) is 85.3 Å². The van der Waals surface area contributed by atoms with Gasteiger partial charge in [-0.1, -0.05) is 12.1 Å². The number of anilines is 1. The van der Waals surface area contributed by atoms with Crippen LogP contribution in [0.15, 0.2) is 38.0 Å². The highest BCUT2D eigenvalue weighted by molar-refractivity contribution is 6.04. The lowest BCUT2D eigenvalue weighted by Crippen LogP contribution is -2.17. The molecule has 0 saturated carbocycles. The predicted molar refractivity (Wildman–Crippen MR) is 92.9 cm³/mol. The first-order valence-electron chi connectivity index (χ1n) is 8.34. The molecule has 1 aliphatic rings. The molecule has 1 unspecified atom stereocenters. The van der Waals surface area contributed by atoms with Gasteiger partial charge in [0.1, 0.15) is 11.3 Å². The summed E-state index contributed by atoms with van der Waals surface area (Å²) in [5, 5.41) is 7.61. The summed E-state index contributed by atoms with van der Waals surface area (Å²) in [6, 6.07) is 6.70. The first-order valence-corrected chi connectivity index (χ1v) is 8.34. The van der Waals surface area contributed by atoms with Crippen molar-refractivity contribution in [2.24, 2.45) is 5.92 Å². The van der Waals surface area contributed by atoms with E-state index >= 15 is 0 Å². The van der Waals surface area contributed by atoms with Crippen molar-refractivity contribution < 1.29 is 13.7 Å². The van der Waals surface area contributed by atoms with Gasteiger partial charge in [-0.05, 0) is 43.4 Å². The molecule has 6 heteroatoms. The summed E-state index contributed by atoms with van der Waals surface area (Å²) in [5.74, 6) is 1.01. The lowest BCUT2D eigenvalue weighted by atomic mass is 9.88. The van der Waals surface area contributed by atoms with Crippen LogP contribution in [-0.2, 0) is 12.8 Å². The highest BCUT2D eigenvalue weighted by atomic mass is 16.5. The maximum absolute atomic E-state index is 12.6. The van der Waals surface area contributed by atoms with Gasteiger partial charge in [-0.3, -0.25) is 4.79 Å². The normalized spacial score (nSPS) is 16.6. The SMILES string of the molecule is Cc1cc(=O)oc2cc(NC(=O)c3noc4c3CC(C)CC4)ccc12. The minimum absolute atomic E-state index is 0.312. The summed E-state index contributed by atoms with van der Waals surface area (Å²) >= 11 is 0. The molecule has 0 radical (unpaired) electrons. The average molecular weight is 338 g/mol. The van der Waals surface area contributed by atoms with Gasteiger partial charge in [-0.15, -0.1) is 0 Å². The van der Waals surface area contributed by atoms with E-state index in [1.165, 1.54) is 6.07 Å². The van der Waals surface area contributed by atoms with Crippen molar-refractivity contribution in [3.05, 3.63) is 57.3 Å². The molecule has 4 rings (SSSR count). The molecule has 1 atom stereocenters. The number of carbonyl (C=O) groups excluding carboxylic acids is 1. The van der Waals surface area contributed by atoms with E-state index < -0.39 is 5.63 Å². The van der Waals surface area contributed by atoms with Gasteiger partial charge in [0.25, 0.3) is 5.91 Å². The minimum atomic E-state index is -0.409. The fourth-order valence-electron chi connectivity index (χ4n) is 3.35. The van der Waals surface area contributed by atoms with Crippen LogP contribution in [0.25, 0.3) is 11.0 Å². The Labute approximate surface area is 143 Å². The fourth-order valence-corrected chi connectivity index (χ4v) is 3.35. The van der Waals surface area contributed by atoms with E-state index in [0.717, 1.165) is 41.5 Å². The van der Waals surface area contributed by atoms with Crippen LogP contribution in [0.3, 0.4) is 0 Å². The molecule has 0 bridgehead atoms. The Morgan fingerprint density at radius 1 is 1.32 bits per heavy atom. The number of rotatable bonds is 2. The van der Waals surface area contributed by atoms with E-state index in [2.05, 4.69) is 17.4 Å². The number of amides is 1. The Morgan fingerprint density at radius 2 is 2.16 bits per heavy atom. The highest BCUT2D eigenvalue weighted by Crippen LogP contribution is 2.28. The number of benzene rings is 1. The van der Waals surface area contributed by atoms with Crippen LogP contribution in [0, 0.1) is 12.8 Å². The van der Waals surface area contributed by atoms with Crippen LogP contribution in [0.5, 0.6) is 0 Å². The van der Waals surface area contributed by atoms with Gasteiger partial charge in [0.15, 0.2) is 5.69 Å². The van der Waals surface area contributed by atoms with Crippen molar-refractivity contribution in [1.29, 1.82) is 0 Å². The van der Waals surface area contributed by atoms with Gasteiger partial charge in [-0.25, -0.2) is 4.79 Å². The Kier molecular flexibility index (Phi) is 3.67. The third kappa shape index (κ3) is 2.84. The van der Waals surface area contributed by atoms with Crippen molar-refractivity contribution in [3.63, 3.8) is 0 Å². The zero-order chi connectivity index (χ0) is 17.6. The predicted octanol–water partition coefficient (Wildman–Crippen LogP) is 3.47.